The second-order valence-corrected chi connectivity index (χ2v) is 4.88. The van der Waals surface area contributed by atoms with Gasteiger partial charge in [-0.15, -0.1) is 0 Å². The van der Waals surface area contributed by atoms with Gasteiger partial charge >= 0.3 is 0 Å². The van der Waals surface area contributed by atoms with E-state index in [2.05, 4.69) is 12.2 Å². The lowest BCUT2D eigenvalue weighted by Crippen LogP contribution is -2.37. The minimum atomic E-state index is -0.122. The Kier molecular flexibility index (Phi) is 4.13. The summed E-state index contributed by atoms with van der Waals surface area (Å²) in [4.78, 5) is 0. The maximum atomic E-state index is 13.5. The summed E-state index contributed by atoms with van der Waals surface area (Å²) in [7, 11) is 0. The zero-order valence-corrected chi connectivity index (χ0v) is 10.5. The van der Waals surface area contributed by atoms with Crippen molar-refractivity contribution in [3.05, 3.63) is 35.1 Å². The number of rotatable bonds is 3. The van der Waals surface area contributed by atoms with E-state index in [1.807, 2.05) is 13.0 Å². The van der Waals surface area contributed by atoms with Gasteiger partial charge in [0.2, 0.25) is 0 Å². The molecule has 2 rings (SSSR count). The van der Waals surface area contributed by atoms with Crippen LogP contribution >= 0.6 is 0 Å². The molecule has 1 aromatic rings. The van der Waals surface area contributed by atoms with Crippen molar-refractivity contribution < 1.29 is 9.13 Å². The zero-order valence-electron chi connectivity index (χ0n) is 10.5. The summed E-state index contributed by atoms with van der Waals surface area (Å²) in [6.07, 6.45) is 2.33. The van der Waals surface area contributed by atoms with Crippen LogP contribution in [-0.4, -0.2) is 18.8 Å². The molecule has 0 spiro atoms. The van der Waals surface area contributed by atoms with Crippen molar-refractivity contribution in [3.63, 3.8) is 0 Å². The minimum absolute atomic E-state index is 0.122. The SMILES string of the molecule is Cc1ccc(F)c(CNC2CCOC(C)C2)c1. The number of hydrogen-bond donors (Lipinski definition) is 1. The summed E-state index contributed by atoms with van der Waals surface area (Å²) in [6.45, 7) is 5.47. The predicted molar refractivity (Wildman–Crippen MR) is 66.4 cm³/mol. The molecule has 3 heteroatoms. The fraction of sp³-hybridized carbons (Fsp3) is 0.571. The molecule has 0 aliphatic carbocycles. The first kappa shape index (κ1) is 12.5. The molecule has 0 saturated carbocycles. The Labute approximate surface area is 102 Å². The molecule has 2 nitrogen and oxygen atoms in total. The Morgan fingerprint density at radius 3 is 3.06 bits per heavy atom. The second kappa shape index (κ2) is 5.61. The van der Waals surface area contributed by atoms with Gasteiger partial charge in [-0.2, -0.15) is 0 Å². The monoisotopic (exact) mass is 237 g/mol. The fourth-order valence-electron chi connectivity index (χ4n) is 2.28. The number of hydrogen-bond acceptors (Lipinski definition) is 2. The Hall–Kier alpha value is -0.930. The Balaban J connectivity index is 1.90. The summed E-state index contributed by atoms with van der Waals surface area (Å²) >= 11 is 0. The normalized spacial score (nSPS) is 24.9. The molecule has 0 bridgehead atoms. The molecular formula is C14H20FNO. The molecule has 1 fully saturated rings. The Morgan fingerprint density at radius 1 is 1.47 bits per heavy atom. The fourth-order valence-corrected chi connectivity index (χ4v) is 2.28. The van der Waals surface area contributed by atoms with Crippen molar-refractivity contribution in [1.82, 2.24) is 5.32 Å². The predicted octanol–water partition coefficient (Wildman–Crippen LogP) is 2.79. The molecule has 1 aliphatic heterocycles. The lowest BCUT2D eigenvalue weighted by atomic mass is 10.0. The Morgan fingerprint density at radius 2 is 2.29 bits per heavy atom. The third kappa shape index (κ3) is 3.51. The third-order valence-corrected chi connectivity index (χ3v) is 3.27. The van der Waals surface area contributed by atoms with Crippen molar-refractivity contribution in [2.45, 2.75) is 45.4 Å². The van der Waals surface area contributed by atoms with E-state index >= 15 is 0 Å². The largest absolute Gasteiger partial charge is 0.378 e. The molecule has 0 radical (unpaired) electrons. The van der Waals surface area contributed by atoms with Crippen molar-refractivity contribution in [1.29, 1.82) is 0 Å². The highest BCUT2D eigenvalue weighted by molar-refractivity contribution is 5.23. The molecule has 1 heterocycles. The van der Waals surface area contributed by atoms with E-state index < -0.39 is 0 Å². The molecule has 0 aromatic heterocycles. The quantitative estimate of drug-likeness (QED) is 0.872. The zero-order chi connectivity index (χ0) is 12.3. The molecule has 0 amide bonds. The number of nitrogens with one attached hydrogen (secondary N) is 1. The van der Waals surface area contributed by atoms with E-state index in [0.29, 0.717) is 18.7 Å². The molecule has 1 aromatic carbocycles. The summed E-state index contributed by atoms with van der Waals surface area (Å²) in [6, 6.07) is 5.69. The molecule has 17 heavy (non-hydrogen) atoms. The van der Waals surface area contributed by atoms with Crippen LogP contribution in [-0.2, 0) is 11.3 Å². The molecule has 2 unspecified atom stereocenters. The molecule has 1 saturated heterocycles. The van der Waals surface area contributed by atoms with Gasteiger partial charge in [0.25, 0.3) is 0 Å². The first-order valence-corrected chi connectivity index (χ1v) is 6.25. The van der Waals surface area contributed by atoms with Gasteiger partial charge in [-0.3, -0.25) is 0 Å². The van der Waals surface area contributed by atoms with Gasteiger partial charge in [0.15, 0.2) is 0 Å². The second-order valence-electron chi connectivity index (χ2n) is 4.88. The van der Waals surface area contributed by atoms with Gasteiger partial charge in [-0.1, -0.05) is 17.7 Å². The topological polar surface area (TPSA) is 21.3 Å². The van der Waals surface area contributed by atoms with Crippen LogP contribution in [0.4, 0.5) is 4.39 Å². The molecule has 1 aliphatic rings. The highest BCUT2D eigenvalue weighted by atomic mass is 19.1. The summed E-state index contributed by atoms with van der Waals surface area (Å²) < 4.78 is 19.0. The van der Waals surface area contributed by atoms with Crippen LogP contribution in [0.1, 0.15) is 30.9 Å². The Bertz CT molecular complexity index is 380. The highest BCUT2D eigenvalue weighted by Crippen LogP contribution is 2.15. The van der Waals surface area contributed by atoms with Crippen molar-refractivity contribution >= 4 is 0 Å². The van der Waals surface area contributed by atoms with Crippen LogP contribution in [0.3, 0.4) is 0 Å². The number of ether oxygens (including phenoxy) is 1. The van der Waals surface area contributed by atoms with Gasteiger partial charge in [0, 0.05) is 24.8 Å². The maximum absolute atomic E-state index is 13.5. The average molecular weight is 237 g/mol. The minimum Gasteiger partial charge on any atom is -0.378 e. The lowest BCUT2D eigenvalue weighted by molar-refractivity contribution is 0.0130. The number of halogens is 1. The van der Waals surface area contributed by atoms with Crippen LogP contribution in [0.2, 0.25) is 0 Å². The van der Waals surface area contributed by atoms with Gasteiger partial charge in [0.05, 0.1) is 6.10 Å². The van der Waals surface area contributed by atoms with E-state index in [4.69, 9.17) is 4.74 Å². The van der Waals surface area contributed by atoms with Crippen LogP contribution < -0.4 is 5.32 Å². The van der Waals surface area contributed by atoms with Gasteiger partial charge in [-0.05, 0) is 32.8 Å². The van der Waals surface area contributed by atoms with Crippen molar-refractivity contribution in [2.24, 2.45) is 0 Å². The molecule has 94 valence electrons. The van der Waals surface area contributed by atoms with Crippen molar-refractivity contribution in [3.8, 4) is 0 Å². The average Bonchev–Trinajstić information content (AvgIpc) is 2.30. The van der Waals surface area contributed by atoms with Crippen LogP contribution in [0.15, 0.2) is 18.2 Å². The van der Waals surface area contributed by atoms with E-state index in [9.17, 15) is 4.39 Å². The summed E-state index contributed by atoms with van der Waals surface area (Å²) in [5.41, 5.74) is 1.85. The summed E-state index contributed by atoms with van der Waals surface area (Å²) in [5.74, 6) is -0.122. The third-order valence-electron chi connectivity index (χ3n) is 3.27. The summed E-state index contributed by atoms with van der Waals surface area (Å²) in [5, 5.41) is 3.42. The first-order chi connectivity index (χ1) is 8.15. The lowest BCUT2D eigenvalue weighted by Gasteiger charge is -2.28. The highest BCUT2D eigenvalue weighted by Gasteiger charge is 2.18. The van der Waals surface area contributed by atoms with E-state index in [1.54, 1.807) is 12.1 Å². The molecule has 2 atom stereocenters. The van der Waals surface area contributed by atoms with Crippen molar-refractivity contribution in [2.75, 3.05) is 6.61 Å². The maximum Gasteiger partial charge on any atom is 0.127 e. The van der Waals surface area contributed by atoms with E-state index in [0.717, 1.165) is 30.6 Å². The van der Waals surface area contributed by atoms with E-state index in [1.165, 1.54) is 0 Å². The standard InChI is InChI=1S/C14H20FNO/c1-10-3-4-14(15)12(7-10)9-16-13-5-6-17-11(2)8-13/h3-4,7,11,13,16H,5-6,8-9H2,1-2H3. The number of benzene rings is 1. The van der Waals surface area contributed by atoms with E-state index in [-0.39, 0.29) is 5.82 Å². The van der Waals surface area contributed by atoms with Gasteiger partial charge in [0.1, 0.15) is 5.82 Å². The molecule has 1 N–H and O–H groups in total. The first-order valence-electron chi connectivity index (χ1n) is 6.25. The van der Waals surface area contributed by atoms with Gasteiger partial charge in [-0.25, -0.2) is 4.39 Å². The van der Waals surface area contributed by atoms with Crippen LogP contribution in [0.25, 0.3) is 0 Å². The molecular weight excluding hydrogens is 217 g/mol. The van der Waals surface area contributed by atoms with Crippen LogP contribution in [0.5, 0.6) is 0 Å². The smallest absolute Gasteiger partial charge is 0.127 e. The number of aryl methyl sites for hydroxylation is 1. The van der Waals surface area contributed by atoms with Gasteiger partial charge < -0.3 is 10.1 Å². The van der Waals surface area contributed by atoms with Crippen LogP contribution in [0, 0.1) is 12.7 Å².